The molecule has 1 fully saturated rings. The molecule has 1 aromatic carbocycles. The highest BCUT2D eigenvalue weighted by atomic mass is 32.2. The van der Waals surface area contributed by atoms with Gasteiger partial charge in [0.25, 0.3) is 5.91 Å². The van der Waals surface area contributed by atoms with Crippen LogP contribution >= 0.6 is 11.8 Å². The van der Waals surface area contributed by atoms with Crippen molar-refractivity contribution in [1.29, 1.82) is 0 Å². The zero-order chi connectivity index (χ0) is 13.8. The Morgan fingerprint density at radius 3 is 3.00 bits per heavy atom. The summed E-state index contributed by atoms with van der Waals surface area (Å²) in [5.41, 5.74) is 5.80. The Kier molecular flexibility index (Phi) is 4.69. The van der Waals surface area contributed by atoms with E-state index in [9.17, 15) is 9.18 Å². The summed E-state index contributed by atoms with van der Waals surface area (Å²) < 4.78 is 13.3. The molecule has 2 unspecified atom stereocenters. The van der Waals surface area contributed by atoms with Gasteiger partial charge in [-0.25, -0.2) is 4.39 Å². The van der Waals surface area contributed by atoms with Crippen LogP contribution in [0.1, 0.15) is 36.5 Å². The van der Waals surface area contributed by atoms with Gasteiger partial charge in [0, 0.05) is 16.9 Å². The molecule has 19 heavy (non-hydrogen) atoms. The Hall–Kier alpha value is -1.23. The van der Waals surface area contributed by atoms with Crippen LogP contribution in [-0.2, 0) is 0 Å². The van der Waals surface area contributed by atoms with Crippen molar-refractivity contribution in [3.63, 3.8) is 0 Å². The fraction of sp³-hybridized carbons (Fsp3) is 0.500. The number of anilines is 1. The van der Waals surface area contributed by atoms with Gasteiger partial charge in [-0.2, -0.15) is 11.8 Å². The van der Waals surface area contributed by atoms with Gasteiger partial charge in [-0.15, -0.1) is 0 Å². The number of nitrogens with two attached hydrogens (primary N) is 1. The number of amides is 1. The van der Waals surface area contributed by atoms with Gasteiger partial charge in [0.2, 0.25) is 0 Å². The van der Waals surface area contributed by atoms with Crippen LogP contribution in [0, 0.1) is 5.82 Å². The molecule has 0 heterocycles. The first-order valence-electron chi connectivity index (χ1n) is 6.59. The first-order chi connectivity index (χ1) is 9.11. The van der Waals surface area contributed by atoms with Crippen molar-refractivity contribution in [2.24, 2.45) is 0 Å². The highest BCUT2D eigenvalue weighted by molar-refractivity contribution is 7.99. The number of carbonyl (C=O) groups is 1. The smallest absolute Gasteiger partial charge is 0.251 e. The second-order valence-corrected chi connectivity index (χ2v) is 6.26. The normalized spacial score (nSPS) is 22.4. The van der Waals surface area contributed by atoms with E-state index >= 15 is 0 Å². The molecule has 2 rings (SSSR count). The molecule has 5 heteroatoms. The van der Waals surface area contributed by atoms with Crippen LogP contribution in [0.3, 0.4) is 0 Å². The maximum atomic E-state index is 13.3. The SMILES string of the molecule is CCSC1CCCC1NC(=O)c1ccc(N)c(F)c1. The minimum absolute atomic E-state index is 0.0665. The number of benzene rings is 1. The quantitative estimate of drug-likeness (QED) is 0.835. The molecule has 3 N–H and O–H groups in total. The summed E-state index contributed by atoms with van der Waals surface area (Å²) in [6.45, 7) is 2.12. The monoisotopic (exact) mass is 282 g/mol. The third-order valence-electron chi connectivity index (χ3n) is 3.41. The van der Waals surface area contributed by atoms with Gasteiger partial charge >= 0.3 is 0 Å². The van der Waals surface area contributed by atoms with E-state index < -0.39 is 5.82 Å². The highest BCUT2D eigenvalue weighted by Crippen LogP contribution is 2.30. The van der Waals surface area contributed by atoms with Gasteiger partial charge in [0.15, 0.2) is 0 Å². The van der Waals surface area contributed by atoms with Crippen LogP contribution in [0.15, 0.2) is 18.2 Å². The molecule has 0 spiro atoms. The Bertz CT molecular complexity index is 467. The molecule has 1 amide bonds. The van der Waals surface area contributed by atoms with Gasteiger partial charge in [-0.3, -0.25) is 4.79 Å². The zero-order valence-electron chi connectivity index (χ0n) is 11.0. The topological polar surface area (TPSA) is 55.1 Å². The van der Waals surface area contributed by atoms with Crippen LogP contribution < -0.4 is 11.1 Å². The van der Waals surface area contributed by atoms with Crippen molar-refractivity contribution in [2.45, 2.75) is 37.5 Å². The predicted octanol–water partition coefficient (Wildman–Crippen LogP) is 2.81. The lowest BCUT2D eigenvalue weighted by Gasteiger charge is -2.20. The maximum Gasteiger partial charge on any atom is 0.251 e. The van der Waals surface area contributed by atoms with Crippen molar-refractivity contribution >= 4 is 23.4 Å². The first kappa shape index (κ1) is 14.2. The Labute approximate surface area is 117 Å². The van der Waals surface area contributed by atoms with E-state index in [-0.39, 0.29) is 17.6 Å². The number of hydrogen-bond donors (Lipinski definition) is 2. The lowest BCUT2D eigenvalue weighted by atomic mass is 10.1. The standard InChI is InChI=1S/C14H19FN2OS/c1-2-19-13-5-3-4-12(13)17-14(18)9-6-7-11(16)10(15)8-9/h6-8,12-13H,2-5,16H2,1H3,(H,17,18). The fourth-order valence-corrected chi connectivity index (χ4v) is 3.62. The highest BCUT2D eigenvalue weighted by Gasteiger charge is 2.28. The molecule has 3 nitrogen and oxygen atoms in total. The van der Waals surface area contributed by atoms with Crippen molar-refractivity contribution in [1.82, 2.24) is 5.32 Å². The fourth-order valence-electron chi connectivity index (χ4n) is 2.42. The van der Waals surface area contributed by atoms with E-state index in [2.05, 4.69) is 12.2 Å². The van der Waals surface area contributed by atoms with Crippen molar-refractivity contribution in [3.05, 3.63) is 29.6 Å². The van der Waals surface area contributed by atoms with Crippen molar-refractivity contribution in [3.8, 4) is 0 Å². The molecule has 1 aliphatic rings. The van der Waals surface area contributed by atoms with Crippen molar-refractivity contribution in [2.75, 3.05) is 11.5 Å². The van der Waals surface area contributed by atoms with Gasteiger partial charge in [-0.1, -0.05) is 13.3 Å². The Morgan fingerprint density at radius 2 is 2.32 bits per heavy atom. The number of rotatable bonds is 4. The minimum atomic E-state index is -0.543. The molecule has 0 saturated heterocycles. The van der Waals surface area contributed by atoms with Crippen LogP contribution in [0.4, 0.5) is 10.1 Å². The number of nitrogens with one attached hydrogen (secondary N) is 1. The summed E-state index contributed by atoms with van der Waals surface area (Å²) >= 11 is 1.88. The molecule has 0 aliphatic heterocycles. The molecular weight excluding hydrogens is 263 g/mol. The number of halogens is 1. The molecule has 104 valence electrons. The number of carbonyl (C=O) groups excluding carboxylic acids is 1. The van der Waals surface area contributed by atoms with Crippen LogP contribution in [0.5, 0.6) is 0 Å². The molecule has 2 atom stereocenters. The summed E-state index contributed by atoms with van der Waals surface area (Å²) in [6, 6.07) is 4.38. The third kappa shape index (κ3) is 3.41. The zero-order valence-corrected chi connectivity index (χ0v) is 11.8. The third-order valence-corrected chi connectivity index (χ3v) is 4.74. The van der Waals surface area contributed by atoms with Gasteiger partial charge in [-0.05, 0) is 36.8 Å². The maximum absolute atomic E-state index is 13.3. The largest absolute Gasteiger partial charge is 0.396 e. The van der Waals surface area contributed by atoms with E-state index in [1.54, 1.807) is 6.07 Å². The Morgan fingerprint density at radius 1 is 1.53 bits per heavy atom. The van der Waals surface area contributed by atoms with E-state index in [1.807, 2.05) is 11.8 Å². The molecule has 1 saturated carbocycles. The molecular formula is C14H19FN2OS. The lowest BCUT2D eigenvalue weighted by molar-refractivity contribution is 0.0938. The molecule has 0 radical (unpaired) electrons. The first-order valence-corrected chi connectivity index (χ1v) is 7.64. The summed E-state index contributed by atoms with van der Waals surface area (Å²) in [5.74, 6) is 0.291. The van der Waals surface area contributed by atoms with Gasteiger partial charge in [0.1, 0.15) is 5.82 Å². The number of nitrogen functional groups attached to an aromatic ring is 1. The molecule has 1 aliphatic carbocycles. The van der Waals surface area contributed by atoms with Crippen LogP contribution in [-0.4, -0.2) is 23.0 Å². The van der Waals surface area contributed by atoms with Gasteiger partial charge in [0.05, 0.1) is 5.69 Å². The summed E-state index contributed by atoms with van der Waals surface area (Å²) in [5, 5.41) is 3.49. The van der Waals surface area contributed by atoms with Crippen LogP contribution in [0.2, 0.25) is 0 Å². The van der Waals surface area contributed by atoms with Crippen molar-refractivity contribution < 1.29 is 9.18 Å². The van der Waals surface area contributed by atoms with E-state index in [1.165, 1.54) is 12.1 Å². The van der Waals surface area contributed by atoms with E-state index in [0.29, 0.717) is 10.8 Å². The summed E-state index contributed by atoms with van der Waals surface area (Å²) in [7, 11) is 0. The van der Waals surface area contributed by atoms with Gasteiger partial charge < -0.3 is 11.1 Å². The average Bonchev–Trinajstić information content (AvgIpc) is 2.80. The predicted molar refractivity (Wildman–Crippen MR) is 77.8 cm³/mol. The van der Waals surface area contributed by atoms with Crippen LogP contribution in [0.25, 0.3) is 0 Å². The van der Waals surface area contributed by atoms with E-state index in [0.717, 1.165) is 25.0 Å². The summed E-state index contributed by atoms with van der Waals surface area (Å²) in [6.07, 6.45) is 3.28. The average molecular weight is 282 g/mol. The number of hydrogen-bond acceptors (Lipinski definition) is 3. The number of thioether (sulfide) groups is 1. The van der Waals surface area contributed by atoms with E-state index in [4.69, 9.17) is 5.73 Å². The molecule has 0 bridgehead atoms. The molecule has 1 aromatic rings. The lowest BCUT2D eigenvalue weighted by Crippen LogP contribution is -2.38. The minimum Gasteiger partial charge on any atom is -0.396 e. The summed E-state index contributed by atoms with van der Waals surface area (Å²) in [4.78, 5) is 12.1. The molecule has 0 aromatic heterocycles. The second-order valence-electron chi connectivity index (χ2n) is 4.74. The Balaban J connectivity index is 2.02. The second kappa shape index (κ2) is 6.28.